The zero-order chi connectivity index (χ0) is 17.9. The maximum atomic E-state index is 9.53. The van der Waals surface area contributed by atoms with Crippen LogP contribution in [0.5, 0.6) is 0 Å². The Morgan fingerprint density at radius 2 is 0.333 bits per heavy atom. The Morgan fingerprint density at radius 1 is 0.333 bits per heavy atom. The molecule has 0 fully saturated rings. The first-order chi connectivity index (χ1) is 8.66. The van der Waals surface area contributed by atoms with Gasteiger partial charge < -0.3 is 25.5 Å². The molecule has 0 saturated carbocycles. The average Bonchev–Trinajstić information content (AvgIpc) is 1.94. The molecule has 0 heterocycles. The first kappa shape index (κ1) is 37.6. The average molecular weight is 388 g/mol. The van der Waals surface area contributed by atoms with Crippen molar-refractivity contribution in [2.45, 2.75) is 99.8 Å². The monoisotopic (exact) mass is 388 g/mol. The van der Waals surface area contributed by atoms with Crippen LogP contribution in [0.3, 0.4) is 0 Å². The summed E-state index contributed by atoms with van der Waals surface area (Å²) in [7, 11) is 0. The Kier molecular flexibility index (Phi) is 58.2. The third-order valence-electron chi connectivity index (χ3n) is 0. The van der Waals surface area contributed by atoms with E-state index in [0.717, 1.165) is 0 Å². The molecule has 0 radical (unpaired) electrons. The van der Waals surface area contributed by atoms with Crippen LogP contribution >= 0.6 is 0 Å². The summed E-state index contributed by atoms with van der Waals surface area (Å²) >= 11 is 0. The van der Waals surface area contributed by atoms with E-state index in [4.69, 9.17) is 0 Å². The molecule has 0 unspecified atom stereocenters. The maximum Gasteiger partial charge on any atom is 5.00 e. The minimum atomic E-state index is -0.417. The molecular formula is C15H35NbO5. The van der Waals surface area contributed by atoms with Gasteiger partial charge in [-0.15, -0.1) is 30.5 Å². The molecule has 130 valence electrons. The van der Waals surface area contributed by atoms with Crippen molar-refractivity contribution in [3.05, 3.63) is 0 Å². The molecule has 6 heteroatoms. The Morgan fingerprint density at radius 3 is 0.333 bits per heavy atom. The van der Waals surface area contributed by atoms with E-state index < -0.39 is 30.5 Å². The quantitative estimate of drug-likeness (QED) is 0.482. The van der Waals surface area contributed by atoms with Crippen molar-refractivity contribution in [3.8, 4) is 0 Å². The van der Waals surface area contributed by atoms with Gasteiger partial charge in [0, 0.05) is 0 Å². The largest absolute Gasteiger partial charge is 5.00 e. The second-order valence-electron chi connectivity index (χ2n) is 5.24. The van der Waals surface area contributed by atoms with Crippen LogP contribution in [0, 0.1) is 0 Å². The Balaban J connectivity index is -0.0000000331. The van der Waals surface area contributed by atoms with Crippen molar-refractivity contribution in [3.63, 3.8) is 0 Å². The normalized spacial score (nSPS) is 8.57. The van der Waals surface area contributed by atoms with Gasteiger partial charge >= 0.3 is 22.4 Å². The SMILES string of the molecule is CC(C)[O-].CC(C)[O-].CC(C)[O-].CC(C)[O-].CC(C)[O-].[Nb+5]. The predicted octanol–water partition coefficient (Wildman–Crippen LogP) is -1.23. The summed E-state index contributed by atoms with van der Waals surface area (Å²) in [5.41, 5.74) is 0. The molecular weight excluding hydrogens is 353 g/mol. The van der Waals surface area contributed by atoms with E-state index in [1.54, 1.807) is 69.2 Å². The molecule has 0 aromatic heterocycles. The van der Waals surface area contributed by atoms with Gasteiger partial charge in [0.15, 0.2) is 0 Å². The Labute approximate surface area is 147 Å². The summed E-state index contributed by atoms with van der Waals surface area (Å²) in [4.78, 5) is 0. The van der Waals surface area contributed by atoms with Crippen molar-refractivity contribution in [2.24, 2.45) is 0 Å². The number of hydrogen-bond donors (Lipinski definition) is 0. The van der Waals surface area contributed by atoms with E-state index in [1.165, 1.54) is 0 Å². The van der Waals surface area contributed by atoms with E-state index in [2.05, 4.69) is 0 Å². The smallest absolute Gasteiger partial charge is 0.852 e. The van der Waals surface area contributed by atoms with Gasteiger partial charge in [0.05, 0.1) is 0 Å². The van der Waals surface area contributed by atoms with Crippen LogP contribution < -0.4 is 25.5 Å². The predicted molar refractivity (Wildman–Crippen MR) is 75.7 cm³/mol. The molecule has 5 nitrogen and oxygen atoms in total. The maximum absolute atomic E-state index is 9.53. The van der Waals surface area contributed by atoms with Crippen molar-refractivity contribution in [2.75, 3.05) is 0 Å². The van der Waals surface area contributed by atoms with Crippen LogP contribution in [0.4, 0.5) is 0 Å². The van der Waals surface area contributed by atoms with Gasteiger partial charge in [-0.3, -0.25) is 0 Å². The van der Waals surface area contributed by atoms with Crippen molar-refractivity contribution < 1.29 is 47.9 Å². The minimum absolute atomic E-state index is 0. The summed E-state index contributed by atoms with van der Waals surface area (Å²) in [6.45, 7) is 16.1. The zero-order valence-corrected chi connectivity index (χ0v) is 17.6. The fourth-order valence-corrected chi connectivity index (χ4v) is 0. The molecule has 0 bridgehead atoms. The van der Waals surface area contributed by atoms with E-state index in [9.17, 15) is 25.5 Å². The molecule has 21 heavy (non-hydrogen) atoms. The summed E-state index contributed by atoms with van der Waals surface area (Å²) < 4.78 is 0. The fourth-order valence-electron chi connectivity index (χ4n) is 0. The Bertz CT molecular complexity index is 80.6. The van der Waals surface area contributed by atoms with Crippen molar-refractivity contribution in [1.82, 2.24) is 0 Å². The van der Waals surface area contributed by atoms with Gasteiger partial charge in [0.1, 0.15) is 0 Å². The van der Waals surface area contributed by atoms with Crippen LogP contribution in [0.1, 0.15) is 69.2 Å². The first-order valence-corrected chi connectivity index (χ1v) is 6.95. The molecule has 0 atom stereocenters. The van der Waals surface area contributed by atoms with Crippen molar-refractivity contribution >= 4 is 0 Å². The van der Waals surface area contributed by atoms with Gasteiger partial charge in [-0.2, -0.15) is 0 Å². The van der Waals surface area contributed by atoms with E-state index >= 15 is 0 Å². The molecule has 0 N–H and O–H groups in total. The molecule has 0 aliphatic carbocycles. The molecule has 0 saturated heterocycles. The van der Waals surface area contributed by atoms with Gasteiger partial charge in [0.2, 0.25) is 0 Å². The second-order valence-corrected chi connectivity index (χ2v) is 5.24. The van der Waals surface area contributed by atoms with Crippen LogP contribution in [-0.4, -0.2) is 30.5 Å². The van der Waals surface area contributed by atoms with Crippen LogP contribution in [-0.2, 0) is 22.4 Å². The van der Waals surface area contributed by atoms with Gasteiger partial charge in [-0.25, -0.2) is 0 Å². The number of hydrogen-bond acceptors (Lipinski definition) is 5. The van der Waals surface area contributed by atoms with E-state index in [1.807, 2.05) is 0 Å². The summed E-state index contributed by atoms with van der Waals surface area (Å²) in [6, 6.07) is 0. The minimum Gasteiger partial charge on any atom is -0.852 e. The molecule has 0 rings (SSSR count). The van der Waals surface area contributed by atoms with Crippen molar-refractivity contribution in [1.29, 1.82) is 0 Å². The third kappa shape index (κ3) is 24200. The molecule has 0 aromatic rings. The van der Waals surface area contributed by atoms with E-state index in [-0.39, 0.29) is 22.4 Å². The zero-order valence-electron chi connectivity index (χ0n) is 15.4. The molecule has 0 spiro atoms. The van der Waals surface area contributed by atoms with Gasteiger partial charge in [-0.05, 0) is 0 Å². The third-order valence-corrected chi connectivity index (χ3v) is 0. The van der Waals surface area contributed by atoms with Gasteiger partial charge in [-0.1, -0.05) is 69.2 Å². The Hall–Kier alpha value is 0.540. The summed E-state index contributed by atoms with van der Waals surface area (Å²) in [5, 5.41) is 47.6. The fraction of sp³-hybridized carbons (Fsp3) is 1.00. The molecule has 0 aliphatic heterocycles. The first-order valence-electron chi connectivity index (χ1n) is 6.95. The van der Waals surface area contributed by atoms with Crippen LogP contribution in [0.2, 0.25) is 0 Å². The molecule has 0 amide bonds. The topological polar surface area (TPSA) is 115 Å². The summed E-state index contributed by atoms with van der Waals surface area (Å²) in [6.07, 6.45) is -2.08. The molecule has 0 aromatic carbocycles. The number of rotatable bonds is 0. The van der Waals surface area contributed by atoms with E-state index in [0.29, 0.717) is 0 Å². The van der Waals surface area contributed by atoms with Gasteiger partial charge in [0.25, 0.3) is 0 Å². The second kappa shape index (κ2) is 32.5. The standard InChI is InChI=1S/5C3H7O.Nb/c5*1-3(2)4;/h5*3H,1-2H3;/q5*-1;+5. The summed E-state index contributed by atoms with van der Waals surface area (Å²) in [5.74, 6) is 0. The van der Waals surface area contributed by atoms with Crippen LogP contribution in [0.25, 0.3) is 0 Å². The molecule has 0 aliphatic rings. The van der Waals surface area contributed by atoms with Crippen LogP contribution in [0.15, 0.2) is 0 Å².